The molecule has 0 aromatic carbocycles. The number of pyridine rings is 1. The molecule has 0 amide bonds. The molecule has 0 aliphatic heterocycles. The van der Waals surface area contributed by atoms with Crippen molar-refractivity contribution in [2.45, 2.75) is 26.1 Å². The number of aromatic nitrogens is 5. The predicted octanol–water partition coefficient (Wildman–Crippen LogP) is 3.35. The van der Waals surface area contributed by atoms with E-state index in [1.165, 1.54) is 6.20 Å². The Labute approximate surface area is 135 Å². The molecule has 3 heterocycles. The summed E-state index contributed by atoms with van der Waals surface area (Å²) in [5.41, 5.74) is 1.82. The molecule has 0 atom stereocenters. The minimum Gasteiger partial charge on any atom is -0.467 e. The lowest BCUT2D eigenvalue weighted by Gasteiger charge is -2.09. The van der Waals surface area contributed by atoms with Gasteiger partial charge in [-0.15, -0.1) is 0 Å². The molecule has 128 valence electrons. The summed E-state index contributed by atoms with van der Waals surface area (Å²) in [6.45, 7) is 2.55. The van der Waals surface area contributed by atoms with Crippen molar-refractivity contribution in [2.24, 2.45) is 7.05 Å². The summed E-state index contributed by atoms with van der Waals surface area (Å²) >= 11 is 0. The SMILES string of the molecule is CC(C)n1cc(-c2nn(C)c3ccnc(OCC(F)(F)F)c23)cn1. The van der Waals surface area contributed by atoms with Gasteiger partial charge in [-0.2, -0.15) is 23.4 Å². The Hall–Kier alpha value is -2.58. The standard InChI is InChI=1S/C15H16F3N5O/c1-9(2)23-7-10(6-20-23)13-12-11(22(3)21-13)4-5-19-14(12)24-8-15(16,17)18/h4-7,9H,8H2,1-3H3. The maximum absolute atomic E-state index is 12.5. The highest BCUT2D eigenvalue weighted by Gasteiger charge is 2.29. The van der Waals surface area contributed by atoms with Crippen LogP contribution in [0.15, 0.2) is 24.7 Å². The Bertz CT molecular complexity index is 866. The van der Waals surface area contributed by atoms with Crippen molar-refractivity contribution in [3.05, 3.63) is 24.7 Å². The molecule has 0 N–H and O–H groups in total. The zero-order valence-electron chi connectivity index (χ0n) is 13.4. The zero-order chi connectivity index (χ0) is 17.5. The number of rotatable bonds is 4. The molecule has 0 bridgehead atoms. The maximum Gasteiger partial charge on any atom is 0.422 e. The van der Waals surface area contributed by atoms with Crippen LogP contribution in [0.4, 0.5) is 13.2 Å². The molecule has 0 saturated heterocycles. The first-order valence-corrected chi connectivity index (χ1v) is 7.32. The molecule has 0 unspecified atom stereocenters. The smallest absolute Gasteiger partial charge is 0.422 e. The van der Waals surface area contributed by atoms with Gasteiger partial charge in [0.15, 0.2) is 6.61 Å². The first kappa shape index (κ1) is 16.3. The fourth-order valence-corrected chi connectivity index (χ4v) is 2.38. The van der Waals surface area contributed by atoms with E-state index in [-0.39, 0.29) is 11.9 Å². The summed E-state index contributed by atoms with van der Waals surface area (Å²) in [5.74, 6) is -0.0924. The molecule has 0 radical (unpaired) electrons. The molecular weight excluding hydrogens is 323 g/mol. The number of aryl methyl sites for hydroxylation is 1. The Kier molecular flexibility index (Phi) is 3.94. The molecule has 0 aliphatic carbocycles. The van der Waals surface area contributed by atoms with Crippen LogP contribution in [0.2, 0.25) is 0 Å². The first-order chi connectivity index (χ1) is 11.3. The lowest BCUT2D eigenvalue weighted by Crippen LogP contribution is -2.19. The van der Waals surface area contributed by atoms with Crippen molar-refractivity contribution in [3.63, 3.8) is 0 Å². The van der Waals surface area contributed by atoms with E-state index in [4.69, 9.17) is 4.74 Å². The summed E-state index contributed by atoms with van der Waals surface area (Å²) in [6, 6.07) is 1.84. The summed E-state index contributed by atoms with van der Waals surface area (Å²) in [5, 5.41) is 9.09. The van der Waals surface area contributed by atoms with Gasteiger partial charge >= 0.3 is 6.18 Å². The number of hydrogen-bond donors (Lipinski definition) is 0. The van der Waals surface area contributed by atoms with Gasteiger partial charge in [-0.25, -0.2) is 4.98 Å². The van der Waals surface area contributed by atoms with Crippen LogP contribution in [0.3, 0.4) is 0 Å². The molecule has 3 aromatic rings. The normalized spacial score (nSPS) is 12.3. The molecule has 3 aromatic heterocycles. The van der Waals surface area contributed by atoms with E-state index in [1.54, 1.807) is 34.9 Å². The fraction of sp³-hybridized carbons (Fsp3) is 0.400. The third-order valence-corrected chi connectivity index (χ3v) is 3.51. The number of fused-ring (bicyclic) bond motifs is 1. The molecule has 0 spiro atoms. The van der Waals surface area contributed by atoms with Gasteiger partial charge in [-0.3, -0.25) is 9.36 Å². The van der Waals surface area contributed by atoms with Crippen LogP contribution in [0, 0.1) is 0 Å². The molecular formula is C15H16F3N5O. The number of halogens is 3. The van der Waals surface area contributed by atoms with Gasteiger partial charge in [0.2, 0.25) is 5.88 Å². The van der Waals surface area contributed by atoms with Crippen molar-refractivity contribution in [2.75, 3.05) is 6.61 Å². The Morgan fingerprint density at radius 1 is 1.29 bits per heavy atom. The first-order valence-electron chi connectivity index (χ1n) is 7.32. The highest BCUT2D eigenvalue weighted by Crippen LogP contribution is 2.34. The molecule has 0 fully saturated rings. The fourth-order valence-electron chi connectivity index (χ4n) is 2.38. The van der Waals surface area contributed by atoms with Crippen molar-refractivity contribution in [1.29, 1.82) is 0 Å². The van der Waals surface area contributed by atoms with Crippen LogP contribution in [0.5, 0.6) is 5.88 Å². The minimum atomic E-state index is -4.44. The topological polar surface area (TPSA) is 57.8 Å². The Morgan fingerprint density at radius 3 is 2.67 bits per heavy atom. The monoisotopic (exact) mass is 339 g/mol. The van der Waals surface area contributed by atoms with Gasteiger partial charge in [0, 0.05) is 31.0 Å². The van der Waals surface area contributed by atoms with Gasteiger partial charge in [0.25, 0.3) is 0 Å². The van der Waals surface area contributed by atoms with E-state index in [0.717, 1.165) is 0 Å². The molecule has 24 heavy (non-hydrogen) atoms. The molecule has 3 rings (SSSR count). The van der Waals surface area contributed by atoms with Gasteiger partial charge in [-0.1, -0.05) is 0 Å². The average Bonchev–Trinajstić information content (AvgIpc) is 3.10. The molecule has 6 nitrogen and oxygen atoms in total. The summed E-state index contributed by atoms with van der Waals surface area (Å²) in [6.07, 6.45) is 0.390. The van der Waals surface area contributed by atoms with E-state index in [1.807, 2.05) is 13.8 Å². The quantitative estimate of drug-likeness (QED) is 0.731. The van der Waals surface area contributed by atoms with E-state index in [0.29, 0.717) is 22.2 Å². The Morgan fingerprint density at radius 2 is 2.04 bits per heavy atom. The average molecular weight is 339 g/mol. The summed E-state index contributed by atoms with van der Waals surface area (Å²) in [4.78, 5) is 3.95. The van der Waals surface area contributed by atoms with Crippen molar-refractivity contribution in [1.82, 2.24) is 24.5 Å². The number of alkyl halides is 3. The predicted molar refractivity (Wildman–Crippen MR) is 81.7 cm³/mol. The maximum atomic E-state index is 12.5. The molecule has 9 heteroatoms. The largest absolute Gasteiger partial charge is 0.467 e. The van der Waals surface area contributed by atoms with Crippen LogP contribution < -0.4 is 4.74 Å². The lowest BCUT2D eigenvalue weighted by atomic mass is 10.1. The van der Waals surface area contributed by atoms with Gasteiger partial charge in [0.1, 0.15) is 5.69 Å². The molecule has 0 aliphatic rings. The second-order valence-electron chi connectivity index (χ2n) is 5.69. The lowest BCUT2D eigenvalue weighted by molar-refractivity contribution is -0.153. The number of nitrogens with zero attached hydrogens (tertiary/aromatic N) is 5. The Balaban J connectivity index is 2.10. The van der Waals surface area contributed by atoms with Crippen molar-refractivity contribution < 1.29 is 17.9 Å². The van der Waals surface area contributed by atoms with Crippen LogP contribution in [0.25, 0.3) is 22.2 Å². The van der Waals surface area contributed by atoms with Gasteiger partial charge in [-0.05, 0) is 19.9 Å². The highest BCUT2D eigenvalue weighted by atomic mass is 19.4. The summed E-state index contributed by atoms with van der Waals surface area (Å²) < 4.78 is 45.7. The third-order valence-electron chi connectivity index (χ3n) is 3.51. The van der Waals surface area contributed by atoms with Crippen LogP contribution in [-0.2, 0) is 7.05 Å². The second-order valence-corrected chi connectivity index (χ2v) is 5.69. The second kappa shape index (κ2) is 5.81. The van der Waals surface area contributed by atoms with E-state index in [2.05, 4.69) is 15.2 Å². The van der Waals surface area contributed by atoms with E-state index in [9.17, 15) is 13.2 Å². The van der Waals surface area contributed by atoms with Crippen LogP contribution >= 0.6 is 0 Å². The van der Waals surface area contributed by atoms with Gasteiger partial charge in [0.05, 0.1) is 17.1 Å². The summed E-state index contributed by atoms with van der Waals surface area (Å²) in [7, 11) is 1.71. The van der Waals surface area contributed by atoms with Crippen molar-refractivity contribution >= 4 is 10.9 Å². The van der Waals surface area contributed by atoms with Gasteiger partial charge < -0.3 is 4.74 Å². The van der Waals surface area contributed by atoms with E-state index < -0.39 is 12.8 Å². The number of hydrogen-bond acceptors (Lipinski definition) is 4. The highest BCUT2D eigenvalue weighted by molar-refractivity contribution is 5.96. The number of ether oxygens (including phenoxy) is 1. The van der Waals surface area contributed by atoms with Crippen molar-refractivity contribution in [3.8, 4) is 17.1 Å². The van der Waals surface area contributed by atoms with E-state index >= 15 is 0 Å². The molecule has 0 saturated carbocycles. The zero-order valence-corrected chi connectivity index (χ0v) is 13.4. The third kappa shape index (κ3) is 3.06. The van der Waals surface area contributed by atoms with Crippen LogP contribution in [-0.4, -0.2) is 37.3 Å². The van der Waals surface area contributed by atoms with Crippen LogP contribution in [0.1, 0.15) is 19.9 Å². The minimum absolute atomic E-state index is 0.0924.